The smallest absolute Gasteiger partial charge is 0.185 e. The summed E-state index contributed by atoms with van der Waals surface area (Å²) in [6, 6.07) is 8.38. The van der Waals surface area contributed by atoms with E-state index in [1.54, 1.807) is 36.5 Å². The SMILES string of the molecule is Cl.Cl.N=C(N)c1ccc(-c2cc(-c3cc(C(=N)N)ccn3)no2)nc1. The van der Waals surface area contributed by atoms with E-state index in [2.05, 4.69) is 15.1 Å². The second-order valence-electron chi connectivity index (χ2n) is 4.77. The van der Waals surface area contributed by atoms with Gasteiger partial charge in [0, 0.05) is 29.6 Å². The van der Waals surface area contributed by atoms with Gasteiger partial charge in [-0.25, -0.2) is 0 Å². The molecule has 3 aromatic heterocycles. The summed E-state index contributed by atoms with van der Waals surface area (Å²) in [5.74, 6) is 0.372. The Morgan fingerprint density at radius 3 is 2.16 bits per heavy atom. The fraction of sp³-hybridized carbons (Fsp3) is 0. The standard InChI is InChI=1S/C15H13N7O.2ClH/c16-14(17)8-3-4-20-11(5-8)12-6-13(23-22-12)10-2-1-9(7-21-10)15(18)19;;/h1-7H,(H3,16,17)(H3,18,19);2*1H. The van der Waals surface area contributed by atoms with E-state index >= 15 is 0 Å². The Bertz CT molecular complexity index is 893. The Hall–Kier alpha value is -2.97. The minimum atomic E-state index is -0.0486. The number of nitrogens with one attached hydrogen (secondary N) is 2. The van der Waals surface area contributed by atoms with Gasteiger partial charge in [0.05, 0.1) is 5.69 Å². The summed E-state index contributed by atoms with van der Waals surface area (Å²) in [5.41, 5.74) is 13.6. The highest BCUT2D eigenvalue weighted by Gasteiger charge is 2.12. The largest absolute Gasteiger partial charge is 0.384 e. The topological polar surface area (TPSA) is 152 Å². The first-order valence-corrected chi connectivity index (χ1v) is 6.63. The van der Waals surface area contributed by atoms with Crippen molar-refractivity contribution in [1.82, 2.24) is 15.1 Å². The van der Waals surface area contributed by atoms with Crippen LogP contribution in [0.4, 0.5) is 0 Å². The summed E-state index contributed by atoms with van der Waals surface area (Å²) in [5, 5.41) is 18.8. The van der Waals surface area contributed by atoms with Gasteiger partial charge in [0.1, 0.15) is 23.1 Å². The molecule has 0 aromatic carbocycles. The lowest BCUT2D eigenvalue weighted by Crippen LogP contribution is -2.11. The molecule has 0 radical (unpaired) electrons. The molecule has 10 heteroatoms. The molecule has 0 atom stereocenters. The number of aromatic nitrogens is 3. The van der Waals surface area contributed by atoms with Crippen molar-refractivity contribution in [3.05, 3.63) is 53.9 Å². The molecule has 0 saturated carbocycles. The van der Waals surface area contributed by atoms with Crippen LogP contribution < -0.4 is 11.5 Å². The van der Waals surface area contributed by atoms with Crippen molar-refractivity contribution < 1.29 is 4.52 Å². The summed E-state index contributed by atoms with van der Waals surface area (Å²) in [7, 11) is 0. The number of nitrogen functional groups attached to an aromatic ring is 2. The van der Waals surface area contributed by atoms with Gasteiger partial charge >= 0.3 is 0 Å². The minimum absolute atomic E-state index is 0. The molecule has 0 amide bonds. The minimum Gasteiger partial charge on any atom is -0.384 e. The van der Waals surface area contributed by atoms with Gasteiger partial charge in [-0.2, -0.15) is 0 Å². The van der Waals surface area contributed by atoms with E-state index in [1.807, 2.05) is 0 Å². The van der Waals surface area contributed by atoms with E-state index in [1.165, 1.54) is 6.20 Å². The third-order valence-electron chi connectivity index (χ3n) is 3.17. The molecular formula is C15H15Cl2N7O. The second kappa shape index (κ2) is 8.22. The Kier molecular flexibility index (Phi) is 6.60. The van der Waals surface area contributed by atoms with E-state index in [0.29, 0.717) is 34.0 Å². The molecule has 0 aliphatic carbocycles. The summed E-state index contributed by atoms with van der Waals surface area (Å²) >= 11 is 0. The van der Waals surface area contributed by atoms with Crippen LogP contribution in [-0.2, 0) is 0 Å². The summed E-state index contributed by atoms with van der Waals surface area (Å²) < 4.78 is 5.28. The lowest BCUT2D eigenvalue weighted by atomic mass is 10.1. The zero-order valence-corrected chi connectivity index (χ0v) is 14.4. The van der Waals surface area contributed by atoms with Gasteiger partial charge < -0.3 is 16.0 Å². The number of nitrogens with two attached hydrogens (primary N) is 2. The average molecular weight is 380 g/mol. The number of nitrogens with zero attached hydrogens (tertiary/aromatic N) is 3. The van der Waals surface area contributed by atoms with Crippen molar-refractivity contribution in [2.24, 2.45) is 11.5 Å². The lowest BCUT2D eigenvalue weighted by Gasteiger charge is -1.99. The maximum Gasteiger partial charge on any atom is 0.185 e. The number of halogens is 2. The lowest BCUT2D eigenvalue weighted by molar-refractivity contribution is 0.433. The van der Waals surface area contributed by atoms with Crippen LogP contribution in [0.5, 0.6) is 0 Å². The van der Waals surface area contributed by atoms with Crippen LogP contribution in [-0.4, -0.2) is 26.8 Å². The molecule has 0 aliphatic rings. The van der Waals surface area contributed by atoms with E-state index in [4.69, 9.17) is 26.8 Å². The third-order valence-corrected chi connectivity index (χ3v) is 3.17. The molecule has 3 aromatic rings. The van der Waals surface area contributed by atoms with Crippen LogP contribution >= 0.6 is 24.8 Å². The van der Waals surface area contributed by atoms with Gasteiger partial charge in [-0.15, -0.1) is 24.8 Å². The first-order chi connectivity index (χ1) is 11.0. The fourth-order valence-corrected chi connectivity index (χ4v) is 1.95. The summed E-state index contributed by atoms with van der Waals surface area (Å²) in [4.78, 5) is 8.39. The van der Waals surface area contributed by atoms with Crippen LogP contribution in [0.1, 0.15) is 11.1 Å². The van der Waals surface area contributed by atoms with Crippen molar-refractivity contribution in [1.29, 1.82) is 10.8 Å². The highest BCUT2D eigenvalue weighted by atomic mass is 35.5. The quantitative estimate of drug-likeness (QED) is 0.402. The van der Waals surface area contributed by atoms with E-state index < -0.39 is 0 Å². The van der Waals surface area contributed by atoms with Gasteiger partial charge in [-0.05, 0) is 24.3 Å². The van der Waals surface area contributed by atoms with Crippen molar-refractivity contribution in [3.8, 4) is 22.8 Å². The molecule has 130 valence electrons. The number of hydrogen-bond acceptors (Lipinski definition) is 6. The van der Waals surface area contributed by atoms with Crippen molar-refractivity contribution in [2.75, 3.05) is 0 Å². The molecule has 3 rings (SSSR count). The normalized spacial score (nSPS) is 9.60. The molecule has 0 fully saturated rings. The van der Waals surface area contributed by atoms with Crippen molar-refractivity contribution in [2.45, 2.75) is 0 Å². The molecule has 25 heavy (non-hydrogen) atoms. The number of pyridine rings is 2. The van der Waals surface area contributed by atoms with Crippen LogP contribution in [0, 0.1) is 10.8 Å². The zero-order valence-electron chi connectivity index (χ0n) is 12.8. The number of amidine groups is 2. The van der Waals surface area contributed by atoms with Crippen LogP contribution in [0.15, 0.2) is 47.2 Å². The fourth-order valence-electron chi connectivity index (χ4n) is 1.95. The Morgan fingerprint density at radius 2 is 1.56 bits per heavy atom. The predicted molar refractivity (Wildman–Crippen MR) is 99.5 cm³/mol. The summed E-state index contributed by atoms with van der Waals surface area (Å²) in [6.45, 7) is 0. The van der Waals surface area contributed by atoms with Crippen molar-refractivity contribution in [3.63, 3.8) is 0 Å². The maximum absolute atomic E-state index is 7.46. The van der Waals surface area contributed by atoms with Crippen LogP contribution in [0.2, 0.25) is 0 Å². The Balaban J connectivity index is 0.00000156. The summed E-state index contributed by atoms with van der Waals surface area (Å²) in [6.07, 6.45) is 3.05. The third kappa shape index (κ3) is 4.31. The number of rotatable bonds is 4. The highest BCUT2D eigenvalue weighted by Crippen LogP contribution is 2.24. The van der Waals surface area contributed by atoms with E-state index in [-0.39, 0.29) is 36.5 Å². The number of hydrogen-bond donors (Lipinski definition) is 4. The average Bonchev–Trinajstić information content (AvgIpc) is 3.05. The van der Waals surface area contributed by atoms with Gasteiger partial charge in [0.2, 0.25) is 0 Å². The van der Waals surface area contributed by atoms with Crippen LogP contribution in [0.3, 0.4) is 0 Å². The van der Waals surface area contributed by atoms with Gasteiger partial charge in [-0.3, -0.25) is 20.8 Å². The van der Waals surface area contributed by atoms with Gasteiger partial charge in [0.15, 0.2) is 5.76 Å². The Morgan fingerprint density at radius 1 is 0.840 bits per heavy atom. The molecule has 0 spiro atoms. The molecule has 6 N–H and O–H groups in total. The van der Waals surface area contributed by atoms with E-state index in [9.17, 15) is 0 Å². The molecule has 0 bridgehead atoms. The monoisotopic (exact) mass is 379 g/mol. The maximum atomic E-state index is 7.46. The van der Waals surface area contributed by atoms with Gasteiger partial charge in [-0.1, -0.05) is 5.16 Å². The highest BCUT2D eigenvalue weighted by molar-refractivity contribution is 5.96. The predicted octanol–water partition coefficient (Wildman–Crippen LogP) is 2.21. The molecule has 0 unspecified atom stereocenters. The first-order valence-electron chi connectivity index (χ1n) is 6.63. The second-order valence-corrected chi connectivity index (χ2v) is 4.77. The molecule has 3 heterocycles. The molecule has 0 saturated heterocycles. The first kappa shape index (κ1) is 20.1. The molecule has 8 nitrogen and oxygen atoms in total. The van der Waals surface area contributed by atoms with Crippen LogP contribution in [0.25, 0.3) is 22.8 Å². The van der Waals surface area contributed by atoms with Gasteiger partial charge in [0.25, 0.3) is 0 Å². The molecule has 0 aliphatic heterocycles. The Labute approximate surface area is 155 Å². The zero-order chi connectivity index (χ0) is 16.4. The van der Waals surface area contributed by atoms with E-state index in [0.717, 1.165) is 0 Å². The van der Waals surface area contributed by atoms with Crippen molar-refractivity contribution >= 4 is 36.5 Å². The molecular weight excluding hydrogens is 365 g/mol.